The number of carbonyl (C=O) groups is 1. The minimum atomic E-state index is -1.06. The molecule has 0 saturated heterocycles. The molecule has 0 aliphatic rings. The SMILES string of the molecule is NCCCCC(N)C(=O)OCCCCC(CO[N+](=O)[O-])O[N+](=O)[O-]. The van der Waals surface area contributed by atoms with Crippen LogP contribution >= 0.6 is 0 Å². The van der Waals surface area contributed by atoms with E-state index in [0.29, 0.717) is 25.8 Å². The largest absolute Gasteiger partial charge is 0.465 e. The molecule has 0 aromatic carbocycles. The Bertz CT molecular complexity index is 395. The van der Waals surface area contributed by atoms with Crippen molar-refractivity contribution < 1.29 is 29.4 Å². The normalized spacial score (nSPS) is 12.9. The number of unbranched alkanes of at least 4 members (excludes halogenated alkanes) is 2. The fourth-order valence-corrected chi connectivity index (χ4v) is 1.81. The van der Waals surface area contributed by atoms with E-state index < -0.39 is 34.9 Å². The molecule has 140 valence electrons. The maximum absolute atomic E-state index is 11.6. The molecule has 12 heteroatoms. The highest BCUT2D eigenvalue weighted by molar-refractivity contribution is 5.75. The molecule has 0 rings (SSSR count). The van der Waals surface area contributed by atoms with Crippen LogP contribution in [0.3, 0.4) is 0 Å². The summed E-state index contributed by atoms with van der Waals surface area (Å²) in [4.78, 5) is 40.3. The lowest BCUT2D eigenvalue weighted by Crippen LogP contribution is -2.32. The number of hydrogen-bond acceptors (Lipinski definition) is 10. The fraction of sp³-hybridized carbons (Fsp3) is 0.917. The predicted octanol–water partition coefficient (Wildman–Crippen LogP) is -0.0586. The minimum absolute atomic E-state index is 0.102. The Morgan fingerprint density at radius 3 is 2.29 bits per heavy atom. The molecule has 0 saturated carbocycles. The maximum atomic E-state index is 11.6. The summed E-state index contributed by atoms with van der Waals surface area (Å²) in [6, 6.07) is -0.699. The molecule has 24 heavy (non-hydrogen) atoms. The predicted molar refractivity (Wildman–Crippen MR) is 80.5 cm³/mol. The molecule has 4 N–H and O–H groups in total. The van der Waals surface area contributed by atoms with Crippen molar-refractivity contribution in [1.82, 2.24) is 0 Å². The molecule has 2 atom stereocenters. The van der Waals surface area contributed by atoms with Gasteiger partial charge in [-0.3, -0.25) is 4.79 Å². The van der Waals surface area contributed by atoms with Crippen molar-refractivity contribution in [1.29, 1.82) is 0 Å². The summed E-state index contributed by atoms with van der Waals surface area (Å²) >= 11 is 0. The van der Waals surface area contributed by atoms with Crippen LogP contribution in [0.2, 0.25) is 0 Å². The smallest absolute Gasteiger partial charge is 0.322 e. The van der Waals surface area contributed by atoms with E-state index in [9.17, 15) is 25.0 Å². The van der Waals surface area contributed by atoms with Gasteiger partial charge in [0.25, 0.3) is 10.2 Å². The van der Waals surface area contributed by atoms with Crippen molar-refractivity contribution >= 4 is 5.97 Å². The molecule has 0 heterocycles. The average Bonchev–Trinajstić information content (AvgIpc) is 2.51. The lowest BCUT2D eigenvalue weighted by atomic mass is 10.1. The highest BCUT2D eigenvalue weighted by Crippen LogP contribution is 2.07. The van der Waals surface area contributed by atoms with Crippen LogP contribution in [-0.2, 0) is 19.2 Å². The standard InChI is InChI=1S/C12H24N4O8/c13-7-3-1-6-11(14)12(17)22-8-4-2-5-10(24-16(20)21)9-23-15(18)19/h10-11H,1-9,13-14H2. The van der Waals surface area contributed by atoms with Crippen LogP contribution in [0.5, 0.6) is 0 Å². The van der Waals surface area contributed by atoms with Crippen LogP contribution in [0.4, 0.5) is 0 Å². The van der Waals surface area contributed by atoms with Gasteiger partial charge in [0.15, 0.2) is 0 Å². The summed E-state index contributed by atoms with van der Waals surface area (Å²) in [7, 11) is 0. The molecule has 12 nitrogen and oxygen atoms in total. The van der Waals surface area contributed by atoms with Crippen LogP contribution in [-0.4, -0.2) is 48.0 Å². The third-order valence-corrected chi connectivity index (χ3v) is 3.04. The van der Waals surface area contributed by atoms with E-state index in [2.05, 4.69) is 9.68 Å². The highest BCUT2D eigenvalue weighted by atomic mass is 17.0. The molecule has 0 spiro atoms. The van der Waals surface area contributed by atoms with E-state index in [1.54, 1.807) is 0 Å². The van der Waals surface area contributed by atoms with Crippen molar-refractivity contribution in [3.8, 4) is 0 Å². The zero-order valence-electron chi connectivity index (χ0n) is 13.3. The molecule has 0 bridgehead atoms. The zero-order chi connectivity index (χ0) is 18.4. The molecule has 0 aliphatic carbocycles. The molecule has 0 amide bonds. The second kappa shape index (κ2) is 13.2. The van der Waals surface area contributed by atoms with Gasteiger partial charge in [0, 0.05) is 0 Å². The fourth-order valence-electron chi connectivity index (χ4n) is 1.81. The number of carbonyl (C=O) groups excluding carboxylic acids is 1. The minimum Gasteiger partial charge on any atom is -0.465 e. The van der Waals surface area contributed by atoms with Crippen molar-refractivity contribution in [3.63, 3.8) is 0 Å². The summed E-state index contributed by atoms with van der Waals surface area (Å²) in [5.74, 6) is -0.512. The van der Waals surface area contributed by atoms with Crippen molar-refractivity contribution in [2.75, 3.05) is 19.8 Å². The first-order chi connectivity index (χ1) is 11.4. The molecule has 0 aromatic rings. The molecular weight excluding hydrogens is 328 g/mol. The number of rotatable bonds is 15. The van der Waals surface area contributed by atoms with Gasteiger partial charge in [-0.1, -0.05) is 6.42 Å². The van der Waals surface area contributed by atoms with Gasteiger partial charge in [0.05, 0.1) is 6.61 Å². The van der Waals surface area contributed by atoms with Gasteiger partial charge < -0.3 is 25.9 Å². The lowest BCUT2D eigenvalue weighted by Gasteiger charge is -2.14. The summed E-state index contributed by atoms with van der Waals surface area (Å²) in [5, 5.41) is 18.3. The molecule has 0 aliphatic heterocycles. The summed E-state index contributed by atoms with van der Waals surface area (Å²) < 4.78 is 4.99. The van der Waals surface area contributed by atoms with E-state index in [0.717, 1.165) is 12.8 Å². The number of nitrogens with two attached hydrogens (primary N) is 2. The topological polar surface area (TPSA) is 183 Å². The molecule has 0 aromatic heterocycles. The van der Waals surface area contributed by atoms with Crippen LogP contribution in [0.15, 0.2) is 0 Å². The van der Waals surface area contributed by atoms with E-state index in [1.807, 2.05) is 0 Å². The lowest BCUT2D eigenvalue weighted by molar-refractivity contribution is -0.790. The monoisotopic (exact) mass is 352 g/mol. The van der Waals surface area contributed by atoms with Crippen molar-refractivity contribution in [3.05, 3.63) is 20.2 Å². The Hall–Kier alpha value is -2.21. The van der Waals surface area contributed by atoms with Gasteiger partial charge >= 0.3 is 5.97 Å². The van der Waals surface area contributed by atoms with E-state index >= 15 is 0 Å². The quantitative estimate of drug-likeness (QED) is 0.175. The number of esters is 1. The third-order valence-electron chi connectivity index (χ3n) is 3.04. The first-order valence-electron chi connectivity index (χ1n) is 7.57. The molecule has 0 fully saturated rings. The Morgan fingerprint density at radius 1 is 1.04 bits per heavy atom. The third kappa shape index (κ3) is 12.3. The Balaban J connectivity index is 3.88. The Morgan fingerprint density at radius 2 is 1.71 bits per heavy atom. The van der Waals surface area contributed by atoms with Crippen LogP contribution in [0.1, 0.15) is 38.5 Å². The maximum Gasteiger partial charge on any atom is 0.322 e. The summed E-state index contributed by atoms with van der Waals surface area (Å²) in [5.41, 5.74) is 11.0. The van der Waals surface area contributed by atoms with Gasteiger partial charge in [-0.2, -0.15) is 0 Å². The Labute approximate surface area is 138 Å². The van der Waals surface area contributed by atoms with E-state index in [4.69, 9.17) is 16.2 Å². The van der Waals surface area contributed by atoms with Gasteiger partial charge in [-0.25, -0.2) is 0 Å². The first kappa shape index (κ1) is 21.8. The van der Waals surface area contributed by atoms with E-state index in [-0.39, 0.29) is 13.0 Å². The highest BCUT2D eigenvalue weighted by Gasteiger charge is 2.16. The summed E-state index contributed by atoms with van der Waals surface area (Å²) in [6.45, 7) is 0.0970. The number of ether oxygens (including phenoxy) is 1. The van der Waals surface area contributed by atoms with Gasteiger partial charge in [-0.15, -0.1) is 20.2 Å². The van der Waals surface area contributed by atoms with Crippen molar-refractivity contribution in [2.24, 2.45) is 11.5 Å². The zero-order valence-corrected chi connectivity index (χ0v) is 13.3. The number of hydrogen-bond donors (Lipinski definition) is 2. The first-order valence-corrected chi connectivity index (χ1v) is 7.57. The van der Waals surface area contributed by atoms with Crippen LogP contribution < -0.4 is 11.5 Å². The summed E-state index contributed by atoms with van der Waals surface area (Å²) in [6.07, 6.45) is 1.92. The van der Waals surface area contributed by atoms with Gasteiger partial charge in [0.1, 0.15) is 18.8 Å². The van der Waals surface area contributed by atoms with Crippen LogP contribution in [0.25, 0.3) is 0 Å². The molecule has 0 radical (unpaired) electrons. The van der Waals surface area contributed by atoms with E-state index in [1.165, 1.54) is 0 Å². The average molecular weight is 352 g/mol. The van der Waals surface area contributed by atoms with Crippen molar-refractivity contribution in [2.45, 2.75) is 50.7 Å². The van der Waals surface area contributed by atoms with Gasteiger partial charge in [0.2, 0.25) is 0 Å². The van der Waals surface area contributed by atoms with Gasteiger partial charge in [-0.05, 0) is 38.6 Å². The Kier molecular flexibility index (Phi) is 12.0. The molecular formula is C12H24N4O8. The molecule has 2 unspecified atom stereocenters. The number of nitrogens with zero attached hydrogens (tertiary/aromatic N) is 2. The second-order valence-corrected chi connectivity index (χ2v) is 5.02. The van der Waals surface area contributed by atoms with Crippen LogP contribution in [0, 0.1) is 20.2 Å². The second-order valence-electron chi connectivity index (χ2n) is 5.02.